The molecule has 0 saturated carbocycles. The predicted molar refractivity (Wildman–Crippen MR) is 396 cm³/mol. The maximum Gasteiger partial charge on any atom is 0.269 e. The van der Waals surface area contributed by atoms with Gasteiger partial charge in [-0.05, 0) is 189 Å². The fourth-order valence-corrected chi connectivity index (χ4v) is 16.3. The molecular weight excluding hydrogens is 1360 g/mol. The topological polar surface area (TPSA) is 218 Å². The van der Waals surface area contributed by atoms with E-state index in [1.807, 2.05) is 129 Å². The number of hydrogen-bond acceptors (Lipinski definition) is 15. The summed E-state index contributed by atoms with van der Waals surface area (Å²) in [6.07, 6.45) is 5.03. The second-order valence-corrected chi connectivity index (χ2v) is 28.8. The number of nitrogens with one attached hydrogen (secondary N) is 1. The Morgan fingerprint density at radius 3 is 1.24 bits per heavy atom. The van der Waals surface area contributed by atoms with Crippen LogP contribution >= 0.6 is 15.9 Å². The number of nitrogens with zero attached hydrogens (tertiary/aromatic N) is 10. The molecule has 21 heteroatoms. The first-order chi connectivity index (χ1) is 48.7. The van der Waals surface area contributed by atoms with Crippen LogP contribution in [0, 0.1) is 36.5 Å². The molecule has 500 valence electrons. The number of anilines is 3. The Hall–Kier alpha value is -10.8. The number of nitriles is 2. The van der Waals surface area contributed by atoms with Crippen LogP contribution in [0.1, 0.15) is 22.3 Å². The minimum atomic E-state index is -3.98. The number of hydrogen-bond donors (Lipinski definition) is 1. The van der Waals surface area contributed by atoms with Gasteiger partial charge in [0, 0.05) is 101 Å². The zero-order valence-electron chi connectivity index (χ0n) is 54.9. The fourth-order valence-electron chi connectivity index (χ4n) is 12.9. The lowest BCUT2D eigenvalue weighted by Gasteiger charge is -2.28. The molecule has 18 nitrogen and oxygen atoms in total. The second kappa shape index (κ2) is 29.0. The van der Waals surface area contributed by atoms with Crippen molar-refractivity contribution in [2.75, 3.05) is 93.6 Å². The molecule has 0 bridgehead atoms. The van der Waals surface area contributed by atoms with Gasteiger partial charge in [0.25, 0.3) is 20.0 Å². The Morgan fingerprint density at radius 2 is 0.800 bits per heavy atom. The Bertz CT molecular complexity index is 5470. The summed E-state index contributed by atoms with van der Waals surface area (Å²) in [5.41, 5.74) is 16.7. The Labute approximate surface area is 588 Å². The van der Waals surface area contributed by atoms with Gasteiger partial charge < -0.3 is 33.9 Å². The van der Waals surface area contributed by atoms with Crippen molar-refractivity contribution in [1.29, 1.82) is 10.5 Å². The monoisotopic (exact) mass is 1430 g/mol. The molecule has 3 aliphatic rings. The van der Waals surface area contributed by atoms with Gasteiger partial charge in [0.05, 0.1) is 84.1 Å². The zero-order valence-corrected chi connectivity index (χ0v) is 58.1. The van der Waals surface area contributed by atoms with E-state index in [1.54, 1.807) is 73.1 Å². The molecule has 13 aromatic rings. The lowest BCUT2D eigenvalue weighted by atomic mass is 9.99. The van der Waals surface area contributed by atoms with Crippen LogP contribution in [0.15, 0.2) is 239 Å². The van der Waals surface area contributed by atoms with Crippen molar-refractivity contribution in [3.05, 3.63) is 252 Å². The smallest absolute Gasteiger partial charge is 0.269 e. The second-order valence-electron chi connectivity index (χ2n) is 24.4. The first-order valence-electron chi connectivity index (χ1n) is 32.8. The molecule has 1 N–H and O–H groups in total. The number of fused-ring (bicyclic) bond motifs is 3. The van der Waals surface area contributed by atoms with Crippen molar-refractivity contribution < 1.29 is 31.0 Å². The summed E-state index contributed by atoms with van der Waals surface area (Å²) < 4.78 is 75.2. The molecule has 3 saturated heterocycles. The molecule has 7 aromatic carbocycles. The third kappa shape index (κ3) is 13.5. The van der Waals surface area contributed by atoms with Gasteiger partial charge in [0.1, 0.15) is 5.65 Å². The number of ether oxygens (including phenoxy) is 3. The fraction of sp³-hybridized carbons (Fsp3) is 0.177. The van der Waals surface area contributed by atoms with E-state index < -0.39 is 20.0 Å². The molecule has 3 fully saturated rings. The van der Waals surface area contributed by atoms with E-state index in [9.17, 15) is 27.4 Å². The SMILES string of the molecule is Cc1ccc(-c2ccnc3[nH]c(-c4ccc(N5CCOCC5)cc4)cc23)cc1C#N.Cc1ccc(-c2ccnc3c2cc(-c2ccc(N4CCOCC4)cc2)n3S(=O)(=O)c2ccccc2)cc1C#N.O=S(=O)(c1ccccc1)n1c(-c2ccc(N3CCOCC3)cc2)cc2c(Br)ccnc21. The highest BCUT2D eigenvalue weighted by Crippen LogP contribution is 2.40. The van der Waals surface area contributed by atoms with E-state index in [0.29, 0.717) is 65.6 Å². The molecule has 0 aliphatic carbocycles. The van der Waals surface area contributed by atoms with Crippen LogP contribution in [0.4, 0.5) is 17.1 Å². The Morgan fingerprint density at radius 1 is 0.420 bits per heavy atom. The van der Waals surface area contributed by atoms with Gasteiger partial charge in [0.15, 0.2) is 11.3 Å². The summed E-state index contributed by atoms with van der Waals surface area (Å²) in [6.45, 7) is 13.4. The van der Waals surface area contributed by atoms with Gasteiger partial charge in [0.2, 0.25) is 0 Å². The van der Waals surface area contributed by atoms with Crippen molar-refractivity contribution in [2.45, 2.75) is 23.6 Å². The standard InChI is InChI=1S/C31H26N4O3S.C25H22N4O.C23H20BrN3O3S/c1-22-7-8-24(19-25(22)21-32)28-13-14-33-31-29(28)20-30(35(31)39(36,37)27-5-3-2-4-6-27)23-9-11-26(12-10-23)34-15-17-38-18-16-34;1-17-2-3-19(14-20(17)16-26)22-8-9-27-25-23(22)15-24(28-25)18-4-6-21(7-5-18)29-10-12-30-13-11-29;24-21-10-11-25-23-20(21)16-22(27(23)31(28,29)19-4-2-1-3-5-19)17-6-8-18(9-7-17)26-12-14-30-15-13-26/h2-14,19-20H,15-18H2,1H3;2-9,14-15H,10-13H2,1H3,(H,27,28);1-11,16H,12-15H2. The summed E-state index contributed by atoms with van der Waals surface area (Å²) >= 11 is 3.54. The van der Waals surface area contributed by atoms with E-state index in [4.69, 9.17) is 14.2 Å². The summed E-state index contributed by atoms with van der Waals surface area (Å²) in [4.78, 5) is 24.2. The lowest BCUT2D eigenvalue weighted by Crippen LogP contribution is -2.36. The summed E-state index contributed by atoms with van der Waals surface area (Å²) in [5.74, 6) is 0. The van der Waals surface area contributed by atoms with Crippen LogP contribution in [0.5, 0.6) is 0 Å². The molecule has 0 unspecified atom stereocenters. The van der Waals surface area contributed by atoms with Crippen LogP contribution < -0.4 is 14.7 Å². The predicted octanol–water partition coefficient (Wildman–Crippen LogP) is 15.1. The number of morpholine rings is 3. The van der Waals surface area contributed by atoms with E-state index in [0.717, 1.165) is 141 Å². The Balaban J connectivity index is 0.000000129. The van der Waals surface area contributed by atoms with Crippen LogP contribution in [0.2, 0.25) is 0 Å². The maximum atomic E-state index is 14.1. The minimum absolute atomic E-state index is 0.183. The first kappa shape index (κ1) is 66.5. The average molecular weight is 1430 g/mol. The lowest BCUT2D eigenvalue weighted by molar-refractivity contribution is 0.122. The number of aromatic amines is 1. The maximum absolute atomic E-state index is 14.1. The summed E-state index contributed by atoms with van der Waals surface area (Å²) in [6, 6.07) is 69.2. The number of pyridine rings is 3. The van der Waals surface area contributed by atoms with Crippen molar-refractivity contribution in [3.63, 3.8) is 0 Å². The van der Waals surface area contributed by atoms with Crippen LogP contribution in [0.3, 0.4) is 0 Å². The van der Waals surface area contributed by atoms with Crippen molar-refractivity contribution in [3.8, 4) is 68.2 Å². The minimum Gasteiger partial charge on any atom is -0.378 e. The highest BCUT2D eigenvalue weighted by Gasteiger charge is 2.29. The van der Waals surface area contributed by atoms with Crippen molar-refractivity contribution in [1.82, 2.24) is 27.9 Å². The largest absolute Gasteiger partial charge is 0.378 e. The first-order valence-corrected chi connectivity index (χ1v) is 36.5. The third-order valence-corrected chi connectivity index (χ3v) is 22.5. The summed E-state index contributed by atoms with van der Waals surface area (Å²) in [5, 5.41) is 21.5. The van der Waals surface area contributed by atoms with E-state index in [1.165, 1.54) is 13.6 Å². The van der Waals surface area contributed by atoms with Gasteiger partial charge in [-0.15, -0.1) is 0 Å². The zero-order chi connectivity index (χ0) is 68.9. The average Bonchev–Trinajstić information content (AvgIpc) is 1.58. The molecule has 9 heterocycles. The molecule has 0 radical (unpaired) electrons. The van der Waals surface area contributed by atoms with Gasteiger partial charge in [-0.1, -0.05) is 97.1 Å². The number of aromatic nitrogens is 6. The number of aryl methyl sites for hydroxylation is 2. The van der Waals surface area contributed by atoms with Crippen LogP contribution in [0.25, 0.3) is 89.1 Å². The molecule has 3 aliphatic heterocycles. The van der Waals surface area contributed by atoms with Gasteiger partial charge >= 0.3 is 0 Å². The molecular formula is C79H68BrN11O7S2. The molecule has 0 amide bonds. The van der Waals surface area contributed by atoms with Crippen LogP contribution in [-0.4, -0.2) is 124 Å². The normalized spacial score (nSPS) is 14.2. The number of benzene rings is 7. The quantitative estimate of drug-likeness (QED) is 0.120. The number of H-pyrrole nitrogens is 1. The van der Waals surface area contributed by atoms with Crippen LogP contribution in [-0.2, 0) is 34.3 Å². The third-order valence-electron chi connectivity index (χ3n) is 18.3. The van der Waals surface area contributed by atoms with Gasteiger partial charge in [-0.3, -0.25) is 0 Å². The van der Waals surface area contributed by atoms with Crippen molar-refractivity contribution in [2.24, 2.45) is 0 Å². The number of halogens is 1. The molecule has 100 heavy (non-hydrogen) atoms. The number of rotatable bonds is 12. The highest BCUT2D eigenvalue weighted by atomic mass is 79.9. The highest BCUT2D eigenvalue weighted by molar-refractivity contribution is 9.10. The Kier molecular flexibility index (Phi) is 19.3. The van der Waals surface area contributed by atoms with E-state index >= 15 is 0 Å². The molecule has 0 atom stereocenters. The van der Waals surface area contributed by atoms with E-state index in [2.05, 4.69) is 99.1 Å². The molecule has 6 aromatic heterocycles. The van der Waals surface area contributed by atoms with Gasteiger partial charge in [-0.2, -0.15) is 10.5 Å². The molecule has 0 spiro atoms. The van der Waals surface area contributed by atoms with Crippen molar-refractivity contribution >= 4 is 86.1 Å². The molecule has 16 rings (SSSR count). The van der Waals surface area contributed by atoms with E-state index in [-0.39, 0.29) is 9.79 Å². The summed E-state index contributed by atoms with van der Waals surface area (Å²) in [7, 11) is -7.82. The van der Waals surface area contributed by atoms with Gasteiger partial charge in [-0.25, -0.2) is 39.7 Å².